The lowest BCUT2D eigenvalue weighted by atomic mass is 9.95. The van der Waals surface area contributed by atoms with E-state index in [9.17, 15) is 4.79 Å². The van der Waals surface area contributed by atoms with Gasteiger partial charge in [-0.25, -0.2) is 9.97 Å². The summed E-state index contributed by atoms with van der Waals surface area (Å²) in [7, 11) is 0. The van der Waals surface area contributed by atoms with Crippen molar-refractivity contribution in [1.82, 2.24) is 9.97 Å². The molecule has 0 spiro atoms. The van der Waals surface area contributed by atoms with Gasteiger partial charge < -0.3 is 11.1 Å². The quantitative estimate of drug-likeness (QED) is 0.822. The normalized spacial score (nSPS) is 11.2. The van der Waals surface area contributed by atoms with E-state index in [2.05, 4.69) is 15.3 Å². The van der Waals surface area contributed by atoms with Crippen LogP contribution in [0, 0.1) is 0 Å². The van der Waals surface area contributed by atoms with Gasteiger partial charge in [-0.05, 0) is 18.2 Å². The van der Waals surface area contributed by atoms with Gasteiger partial charge in [-0.1, -0.05) is 32.9 Å². The first-order valence-corrected chi connectivity index (χ1v) is 6.37. The van der Waals surface area contributed by atoms with Crippen LogP contribution in [0.5, 0.6) is 0 Å². The molecular weight excluding hydrogens is 252 g/mol. The lowest BCUT2D eigenvalue weighted by molar-refractivity contribution is 0.102. The number of para-hydroxylation sites is 2. The van der Waals surface area contributed by atoms with Crippen molar-refractivity contribution in [2.75, 3.05) is 11.1 Å². The molecule has 3 N–H and O–H groups in total. The van der Waals surface area contributed by atoms with E-state index in [0.29, 0.717) is 22.9 Å². The molecule has 2 aromatic rings. The smallest absolute Gasteiger partial charge is 0.274 e. The Kier molecular flexibility index (Phi) is 3.70. The Morgan fingerprint density at radius 1 is 1.20 bits per heavy atom. The van der Waals surface area contributed by atoms with Crippen molar-refractivity contribution in [3.05, 3.63) is 48.0 Å². The van der Waals surface area contributed by atoms with Crippen LogP contribution in [0.25, 0.3) is 0 Å². The fourth-order valence-electron chi connectivity index (χ4n) is 1.64. The van der Waals surface area contributed by atoms with Crippen molar-refractivity contribution in [3.8, 4) is 0 Å². The van der Waals surface area contributed by atoms with Gasteiger partial charge in [0, 0.05) is 11.6 Å². The van der Waals surface area contributed by atoms with Crippen LogP contribution in [0.4, 0.5) is 11.4 Å². The standard InChI is InChI=1S/C15H18N4O/c1-15(2,3)14-17-9-8-12(19-14)13(20)18-11-7-5-4-6-10(11)16/h4-9H,16H2,1-3H3,(H,18,20). The zero-order valence-corrected chi connectivity index (χ0v) is 11.8. The highest BCUT2D eigenvalue weighted by Crippen LogP contribution is 2.19. The van der Waals surface area contributed by atoms with Gasteiger partial charge in [0.05, 0.1) is 11.4 Å². The maximum Gasteiger partial charge on any atom is 0.274 e. The molecule has 104 valence electrons. The molecule has 1 amide bonds. The van der Waals surface area contributed by atoms with E-state index in [1.54, 1.807) is 24.4 Å². The molecule has 2 rings (SSSR count). The monoisotopic (exact) mass is 270 g/mol. The largest absolute Gasteiger partial charge is 0.397 e. The lowest BCUT2D eigenvalue weighted by Gasteiger charge is -2.16. The number of aromatic nitrogens is 2. The summed E-state index contributed by atoms with van der Waals surface area (Å²) >= 11 is 0. The van der Waals surface area contributed by atoms with E-state index in [1.807, 2.05) is 32.9 Å². The van der Waals surface area contributed by atoms with E-state index in [1.165, 1.54) is 0 Å². The van der Waals surface area contributed by atoms with E-state index >= 15 is 0 Å². The minimum absolute atomic E-state index is 0.206. The summed E-state index contributed by atoms with van der Waals surface area (Å²) in [5.41, 5.74) is 7.02. The molecule has 1 aromatic carbocycles. The van der Waals surface area contributed by atoms with Gasteiger partial charge in [0.15, 0.2) is 0 Å². The molecule has 5 nitrogen and oxygen atoms in total. The van der Waals surface area contributed by atoms with Crippen LogP contribution in [-0.2, 0) is 5.41 Å². The van der Waals surface area contributed by atoms with E-state index in [4.69, 9.17) is 5.73 Å². The van der Waals surface area contributed by atoms with Crippen LogP contribution in [0.1, 0.15) is 37.1 Å². The number of nitrogen functional groups attached to an aromatic ring is 1. The number of hydrogen-bond acceptors (Lipinski definition) is 4. The summed E-state index contributed by atoms with van der Waals surface area (Å²) in [6, 6.07) is 8.69. The Morgan fingerprint density at radius 2 is 1.90 bits per heavy atom. The zero-order chi connectivity index (χ0) is 14.8. The number of nitrogens with zero attached hydrogens (tertiary/aromatic N) is 2. The Labute approximate surface area is 118 Å². The maximum absolute atomic E-state index is 12.2. The Morgan fingerprint density at radius 3 is 2.55 bits per heavy atom. The minimum atomic E-state index is -0.296. The molecule has 0 saturated heterocycles. The van der Waals surface area contributed by atoms with E-state index < -0.39 is 0 Å². The topological polar surface area (TPSA) is 80.9 Å². The first kappa shape index (κ1) is 14.0. The van der Waals surface area contributed by atoms with Crippen molar-refractivity contribution in [2.24, 2.45) is 0 Å². The van der Waals surface area contributed by atoms with Crippen LogP contribution in [0.3, 0.4) is 0 Å². The van der Waals surface area contributed by atoms with Crippen LogP contribution in [-0.4, -0.2) is 15.9 Å². The Hall–Kier alpha value is -2.43. The first-order valence-electron chi connectivity index (χ1n) is 6.37. The molecule has 1 heterocycles. The van der Waals surface area contributed by atoms with Gasteiger partial charge in [0.2, 0.25) is 0 Å². The molecule has 0 saturated carbocycles. The molecule has 20 heavy (non-hydrogen) atoms. The number of nitrogens with two attached hydrogens (primary N) is 1. The molecule has 0 atom stereocenters. The van der Waals surface area contributed by atoms with Gasteiger partial charge in [-0.15, -0.1) is 0 Å². The Balaban J connectivity index is 2.24. The third kappa shape index (κ3) is 3.12. The third-order valence-electron chi connectivity index (χ3n) is 2.77. The molecule has 0 radical (unpaired) electrons. The van der Waals surface area contributed by atoms with Crippen LogP contribution in [0.15, 0.2) is 36.5 Å². The molecule has 5 heteroatoms. The first-order chi connectivity index (χ1) is 9.38. The number of hydrogen-bond donors (Lipinski definition) is 2. The summed E-state index contributed by atoms with van der Waals surface area (Å²) in [6.07, 6.45) is 1.59. The molecule has 0 aliphatic heterocycles. The second-order valence-corrected chi connectivity index (χ2v) is 5.56. The molecule has 0 bridgehead atoms. The molecule has 0 aliphatic carbocycles. The highest BCUT2D eigenvalue weighted by Gasteiger charge is 2.19. The summed E-state index contributed by atoms with van der Waals surface area (Å²) in [6.45, 7) is 6.00. The molecule has 0 unspecified atom stereocenters. The average molecular weight is 270 g/mol. The number of anilines is 2. The van der Waals surface area contributed by atoms with E-state index in [0.717, 1.165) is 0 Å². The van der Waals surface area contributed by atoms with Crippen molar-refractivity contribution in [2.45, 2.75) is 26.2 Å². The molecule has 1 aromatic heterocycles. The number of carbonyl (C=O) groups excluding carboxylic acids is 1. The van der Waals surface area contributed by atoms with Crippen molar-refractivity contribution < 1.29 is 4.79 Å². The minimum Gasteiger partial charge on any atom is -0.397 e. The summed E-state index contributed by atoms with van der Waals surface area (Å²) in [5, 5.41) is 2.75. The average Bonchev–Trinajstić information content (AvgIpc) is 2.40. The van der Waals surface area contributed by atoms with Crippen molar-refractivity contribution in [1.29, 1.82) is 0 Å². The number of rotatable bonds is 2. The number of carbonyl (C=O) groups is 1. The fourth-order valence-corrected chi connectivity index (χ4v) is 1.64. The highest BCUT2D eigenvalue weighted by atomic mass is 16.1. The molecule has 0 fully saturated rings. The summed E-state index contributed by atoms with van der Waals surface area (Å²) in [5.74, 6) is 0.335. The van der Waals surface area contributed by atoms with Crippen LogP contribution < -0.4 is 11.1 Å². The predicted octanol–water partition coefficient (Wildman–Crippen LogP) is 2.61. The van der Waals surface area contributed by atoms with Crippen LogP contribution >= 0.6 is 0 Å². The highest BCUT2D eigenvalue weighted by molar-refractivity contribution is 6.04. The second kappa shape index (κ2) is 5.28. The number of nitrogens with one attached hydrogen (secondary N) is 1. The SMILES string of the molecule is CC(C)(C)c1nccc(C(=O)Nc2ccccc2N)n1. The number of benzene rings is 1. The molecular formula is C15H18N4O. The van der Waals surface area contributed by atoms with Gasteiger partial charge >= 0.3 is 0 Å². The van der Waals surface area contributed by atoms with E-state index in [-0.39, 0.29) is 11.3 Å². The Bertz CT molecular complexity index is 632. The predicted molar refractivity (Wildman–Crippen MR) is 79.5 cm³/mol. The van der Waals surface area contributed by atoms with Gasteiger partial charge in [0.25, 0.3) is 5.91 Å². The second-order valence-electron chi connectivity index (χ2n) is 5.56. The number of amides is 1. The third-order valence-corrected chi connectivity index (χ3v) is 2.77. The van der Waals surface area contributed by atoms with Crippen molar-refractivity contribution in [3.63, 3.8) is 0 Å². The fraction of sp³-hybridized carbons (Fsp3) is 0.267. The van der Waals surface area contributed by atoms with Gasteiger partial charge in [0.1, 0.15) is 11.5 Å². The van der Waals surface area contributed by atoms with Gasteiger partial charge in [-0.3, -0.25) is 4.79 Å². The van der Waals surface area contributed by atoms with Gasteiger partial charge in [-0.2, -0.15) is 0 Å². The molecule has 0 aliphatic rings. The summed E-state index contributed by atoms with van der Waals surface area (Å²) in [4.78, 5) is 20.7. The maximum atomic E-state index is 12.2. The summed E-state index contributed by atoms with van der Waals surface area (Å²) < 4.78 is 0. The van der Waals surface area contributed by atoms with Crippen LogP contribution in [0.2, 0.25) is 0 Å². The zero-order valence-electron chi connectivity index (χ0n) is 11.8. The lowest BCUT2D eigenvalue weighted by Crippen LogP contribution is -2.20. The van der Waals surface area contributed by atoms with Crippen molar-refractivity contribution >= 4 is 17.3 Å².